The van der Waals surface area contributed by atoms with E-state index in [2.05, 4.69) is 31.1 Å². The maximum Gasteiger partial charge on any atom is 0.257 e. The van der Waals surface area contributed by atoms with Crippen LogP contribution < -0.4 is 5.32 Å². The van der Waals surface area contributed by atoms with E-state index in [1.54, 1.807) is 0 Å². The molecule has 0 radical (unpaired) electrons. The van der Waals surface area contributed by atoms with Crippen LogP contribution >= 0.6 is 11.6 Å². The molecule has 0 atom stereocenters. The number of nitrogens with one attached hydrogen (secondary N) is 1. The van der Waals surface area contributed by atoms with Gasteiger partial charge in [-0.25, -0.2) is 0 Å². The van der Waals surface area contributed by atoms with Crippen LogP contribution in [0, 0.1) is 13.8 Å². The number of pyridine rings is 1. The van der Waals surface area contributed by atoms with Crippen molar-refractivity contribution < 1.29 is 4.79 Å². The minimum absolute atomic E-state index is 0.0761. The second kappa shape index (κ2) is 9.18. The summed E-state index contributed by atoms with van der Waals surface area (Å²) in [6.07, 6.45) is 4.68. The Kier molecular flexibility index (Phi) is 7.22. The van der Waals surface area contributed by atoms with Gasteiger partial charge in [-0.3, -0.25) is 9.78 Å². The quantitative estimate of drug-likeness (QED) is 0.640. The van der Waals surface area contributed by atoms with E-state index in [-0.39, 0.29) is 5.91 Å². The Morgan fingerprint density at radius 1 is 1.04 bits per heavy atom. The number of aromatic nitrogens is 1. The van der Waals surface area contributed by atoms with Crippen LogP contribution in [0.2, 0.25) is 5.02 Å². The second-order valence-corrected chi connectivity index (χ2v) is 7.18. The van der Waals surface area contributed by atoms with Crippen LogP contribution in [-0.2, 0) is 19.3 Å². The summed E-state index contributed by atoms with van der Waals surface area (Å²) in [5, 5.41) is 3.88. The SMILES string of the molecule is CCCCc1cc(C)nc(C)c1C(=O)Nc1c(CC)cc(Cl)cc1CC. The molecular weight excluding hydrogens is 344 g/mol. The fraction of sp³-hybridized carbons (Fsp3) is 0.455. The number of unbranched alkanes of at least 4 members (excludes halogenated alkanes) is 1. The predicted molar refractivity (Wildman–Crippen MR) is 110 cm³/mol. The van der Waals surface area contributed by atoms with Crippen LogP contribution in [0.4, 0.5) is 5.69 Å². The van der Waals surface area contributed by atoms with Gasteiger partial charge in [0.05, 0.1) is 11.3 Å². The molecule has 0 aliphatic rings. The fourth-order valence-electron chi connectivity index (χ4n) is 3.40. The molecule has 0 bridgehead atoms. The minimum atomic E-state index is -0.0761. The van der Waals surface area contributed by atoms with Crippen LogP contribution in [0.25, 0.3) is 0 Å². The maximum absolute atomic E-state index is 13.2. The first-order chi connectivity index (χ1) is 12.4. The van der Waals surface area contributed by atoms with Gasteiger partial charge in [-0.15, -0.1) is 0 Å². The van der Waals surface area contributed by atoms with Gasteiger partial charge in [0.15, 0.2) is 0 Å². The summed E-state index contributed by atoms with van der Waals surface area (Å²) in [6.45, 7) is 10.2. The molecular formula is C22H29ClN2O. The van der Waals surface area contributed by atoms with E-state index in [0.29, 0.717) is 10.6 Å². The van der Waals surface area contributed by atoms with E-state index in [4.69, 9.17) is 11.6 Å². The van der Waals surface area contributed by atoms with Crippen LogP contribution in [-0.4, -0.2) is 10.9 Å². The number of benzene rings is 1. The van der Waals surface area contributed by atoms with E-state index >= 15 is 0 Å². The number of carbonyl (C=O) groups excluding carboxylic acids is 1. The molecule has 0 saturated carbocycles. The number of nitrogens with zero attached hydrogens (tertiary/aromatic N) is 1. The van der Waals surface area contributed by atoms with Crippen LogP contribution in [0.5, 0.6) is 0 Å². The molecule has 26 heavy (non-hydrogen) atoms. The Labute approximate surface area is 162 Å². The first kappa shape index (κ1) is 20.4. The molecule has 0 aliphatic carbocycles. The van der Waals surface area contributed by atoms with Crippen molar-refractivity contribution in [2.75, 3.05) is 5.32 Å². The van der Waals surface area contributed by atoms with E-state index in [1.807, 2.05) is 32.0 Å². The summed E-state index contributed by atoms with van der Waals surface area (Å²) in [4.78, 5) is 17.7. The van der Waals surface area contributed by atoms with E-state index < -0.39 is 0 Å². The molecule has 4 heteroatoms. The largest absolute Gasteiger partial charge is 0.321 e. The number of hydrogen-bond donors (Lipinski definition) is 1. The first-order valence-electron chi connectivity index (χ1n) is 9.50. The third-order valence-corrected chi connectivity index (χ3v) is 4.92. The van der Waals surface area contributed by atoms with E-state index in [9.17, 15) is 4.79 Å². The molecule has 140 valence electrons. The monoisotopic (exact) mass is 372 g/mol. The van der Waals surface area contributed by atoms with E-state index in [0.717, 1.165) is 65.9 Å². The summed E-state index contributed by atoms with van der Waals surface area (Å²) in [5.41, 5.74) is 6.57. The van der Waals surface area contributed by atoms with Crippen molar-refractivity contribution in [3.05, 3.63) is 56.9 Å². The number of aryl methyl sites for hydroxylation is 5. The van der Waals surface area contributed by atoms with Crippen molar-refractivity contribution in [3.8, 4) is 0 Å². The zero-order valence-electron chi connectivity index (χ0n) is 16.5. The highest BCUT2D eigenvalue weighted by Gasteiger charge is 2.19. The van der Waals surface area contributed by atoms with Gasteiger partial charge in [0, 0.05) is 16.4 Å². The summed E-state index contributed by atoms with van der Waals surface area (Å²) >= 11 is 6.24. The summed E-state index contributed by atoms with van der Waals surface area (Å²) in [7, 11) is 0. The zero-order valence-corrected chi connectivity index (χ0v) is 17.3. The summed E-state index contributed by atoms with van der Waals surface area (Å²) in [5.74, 6) is -0.0761. The minimum Gasteiger partial charge on any atom is -0.321 e. The highest BCUT2D eigenvalue weighted by molar-refractivity contribution is 6.30. The number of rotatable bonds is 7. The third-order valence-electron chi connectivity index (χ3n) is 4.70. The molecule has 0 spiro atoms. The van der Waals surface area contributed by atoms with Gasteiger partial charge in [0.25, 0.3) is 5.91 Å². The van der Waals surface area contributed by atoms with Gasteiger partial charge in [0.1, 0.15) is 0 Å². The molecule has 1 amide bonds. The van der Waals surface area contributed by atoms with Gasteiger partial charge in [-0.05, 0) is 74.4 Å². The van der Waals surface area contributed by atoms with Crippen molar-refractivity contribution in [3.63, 3.8) is 0 Å². The lowest BCUT2D eigenvalue weighted by Crippen LogP contribution is -2.19. The Morgan fingerprint density at radius 2 is 1.65 bits per heavy atom. The maximum atomic E-state index is 13.2. The Balaban J connectivity index is 2.45. The number of carbonyl (C=O) groups is 1. The Bertz CT molecular complexity index is 774. The molecule has 1 N–H and O–H groups in total. The Hall–Kier alpha value is -1.87. The predicted octanol–water partition coefficient (Wildman–Crippen LogP) is 6.07. The number of halogens is 1. The van der Waals surface area contributed by atoms with Gasteiger partial charge in [-0.2, -0.15) is 0 Å². The molecule has 0 unspecified atom stereocenters. The highest BCUT2D eigenvalue weighted by atomic mass is 35.5. The second-order valence-electron chi connectivity index (χ2n) is 6.75. The molecule has 2 rings (SSSR count). The van der Waals surface area contributed by atoms with Crippen molar-refractivity contribution in [1.82, 2.24) is 4.98 Å². The molecule has 0 fully saturated rings. The lowest BCUT2D eigenvalue weighted by molar-refractivity contribution is 0.102. The van der Waals surface area contributed by atoms with Crippen LogP contribution in [0.3, 0.4) is 0 Å². The number of amides is 1. The molecule has 3 nitrogen and oxygen atoms in total. The molecule has 2 aromatic rings. The standard InChI is InChI=1S/C22H29ClN2O/c1-6-9-10-18-11-14(4)24-15(5)20(18)22(26)25-21-16(7-2)12-19(23)13-17(21)8-3/h11-13H,6-10H2,1-5H3,(H,25,26). The topological polar surface area (TPSA) is 42.0 Å². The number of hydrogen-bond acceptors (Lipinski definition) is 2. The van der Waals surface area contributed by atoms with Gasteiger partial charge in [-0.1, -0.05) is 38.8 Å². The fourth-order valence-corrected chi connectivity index (χ4v) is 3.67. The number of anilines is 1. The molecule has 0 saturated heterocycles. The third kappa shape index (κ3) is 4.64. The lowest BCUT2D eigenvalue weighted by atomic mass is 9.98. The van der Waals surface area contributed by atoms with Crippen molar-refractivity contribution in [2.24, 2.45) is 0 Å². The van der Waals surface area contributed by atoms with Crippen LogP contribution in [0.1, 0.15) is 72.0 Å². The van der Waals surface area contributed by atoms with Crippen molar-refractivity contribution >= 4 is 23.2 Å². The average Bonchev–Trinajstić information content (AvgIpc) is 2.60. The van der Waals surface area contributed by atoms with Gasteiger partial charge in [0.2, 0.25) is 0 Å². The van der Waals surface area contributed by atoms with Crippen molar-refractivity contribution in [2.45, 2.75) is 66.7 Å². The van der Waals surface area contributed by atoms with E-state index in [1.165, 1.54) is 0 Å². The molecule has 1 aromatic heterocycles. The smallest absolute Gasteiger partial charge is 0.257 e. The van der Waals surface area contributed by atoms with Gasteiger partial charge >= 0.3 is 0 Å². The van der Waals surface area contributed by atoms with Crippen molar-refractivity contribution in [1.29, 1.82) is 0 Å². The first-order valence-corrected chi connectivity index (χ1v) is 9.88. The Morgan fingerprint density at radius 3 is 2.19 bits per heavy atom. The van der Waals surface area contributed by atoms with Gasteiger partial charge < -0.3 is 5.32 Å². The van der Waals surface area contributed by atoms with Crippen LogP contribution in [0.15, 0.2) is 18.2 Å². The summed E-state index contributed by atoms with van der Waals surface area (Å²) < 4.78 is 0. The molecule has 1 aromatic carbocycles. The molecule has 1 heterocycles. The average molecular weight is 373 g/mol. The lowest BCUT2D eigenvalue weighted by Gasteiger charge is -2.18. The highest BCUT2D eigenvalue weighted by Crippen LogP contribution is 2.28. The zero-order chi connectivity index (χ0) is 19.3. The normalized spacial score (nSPS) is 10.8. The molecule has 0 aliphatic heterocycles. The summed E-state index contributed by atoms with van der Waals surface area (Å²) in [6, 6.07) is 5.92.